The Labute approximate surface area is 153 Å². The number of primary amides is 1. The number of hydrogen-bond donors (Lipinski definition) is 1. The van der Waals surface area contributed by atoms with E-state index in [1.165, 1.54) is 12.0 Å². The Kier molecular flexibility index (Phi) is 4.80. The third kappa shape index (κ3) is 3.53. The summed E-state index contributed by atoms with van der Waals surface area (Å²) in [6, 6.07) is 16.7. The van der Waals surface area contributed by atoms with E-state index in [0.29, 0.717) is 24.3 Å². The molecule has 0 unspecified atom stereocenters. The lowest BCUT2D eigenvalue weighted by Crippen LogP contribution is -2.52. The van der Waals surface area contributed by atoms with Gasteiger partial charge in [0.1, 0.15) is 18.1 Å². The lowest BCUT2D eigenvalue weighted by molar-refractivity contribution is -0.119. The minimum Gasteiger partial charge on any atom is -0.492 e. The normalized spacial score (nSPS) is 22.0. The molecule has 2 heterocycles. The van der Waals surface area contributed by atoms with Gasteiger partial charge >= 0.3 is 0 Å². The van der Waals surface area contributed by atoms with Crippen molar-refractivity contribution in [3.8, 4) is 11.5 Å². The predicted octanol–water partition coefficient (Wildman–Crippen LogP) is 2.34. The quantitative estimate of drug-likeness (QED) is 0.867. The lowest BCUT2D eigenvalue weighted by Gasteiger charge is -2.45. The second kappa shape index (κ2) is 7.38. The Hall–Kier alpha value is -2.53. The molecule has 4 rings (SSSR count). The lowest BCUT2D eigenvalue weighted by atomic mass is 9.82. The molecule has 1 saturated heterocycles. The van der Waals surface area contributed by atoms with Crippen LogP contribution in [0.25, 0.3) is 0 Å². The van der Waals surface area contributed by atoms with E-state index in [1.54, 1.807) is 0 Å². The van der Waals surface area contributed by atoms with Gasteiger partial charge in [0.2, 0.25) is 0 Å². The number of carbonyl (C=O) groups is 1. The second-order valence-electron chi connectivity index (χ2n) is 7.02. The Morgan fingerprint density at radius 2 is 2.00 bits per heavy atom. The molecular weight excluding hydrogens is 328 g/mol. The van der Waals surface area contributed by atoms with Crippen LogP contribution < -0.4 is 15.2 Å². The molecule has 2 N–H and O–H groups in total. The summed E-state index contributed by atoms with van der Waals surface area (Å²) in [6.07, 6.45) is 2.21. The summed E-state index contributed by atoms with van der Waals surface area (Å²) < 4.78 is 11.6. The van der Waals surface area contributed by atoms with Crippen LogP contribution in [0.3, 0.4) is 0 Å². The molecule has 2 aliphatic heterocycles. The highest BCUT2D eigenvalue weighted by molar-refractivity contribution is 5.75. The van der Waals surface area contributed by atoms with Crippen molar-refractivity contribution in [3.63, 3.8) is 0 Å². The fourth-order valence-corrected chi connectivity index (χ4v) is 3.84. The number of carbonyl (C=O) groups excluding carboxylic acids is 1. The predicted molar refractivity (Wildman–Crippen MR) is 99.5 cm³/mol. The highest BCUT2D eigenvalue weighted by Gasteiger charge is 2.37. The van der Waals surface area contributed by atoms with Crippen LogP contribution in [0.1, 0.15) is 23.5 Å². The Morgan fingerprint density at radius 1 is 1.19 bits per heavy atom. The van der Waals surface area contributed by atoms with Crippen LogP contribution in [-0.4, -0.2) is 43.2 Å². The van der Waals surface area contributed by atoms with Crippen molar-refractivity contribution in [2.24, 2.45) is 5.73 Å². The molecule has 0 aliphatic carbocycles. The summed E-state index contributed by atoms with van der Waals surface area (Å²) in [5, 5.41) is 0. The second-order valence-corrected chi connectivity index (χ2v) is 7.02. The summed E-state index contributed by atoms with van der Waals surface area (Å²) >= 11 is 0. The topological polar surface area (TPSA) is 64.8 Å². The summed E-state index contributed by atoms with van der Waals surface area (Å²) in [5.41, 5.74) is 7.67. The molecule has 1 amide bonds. The molecule has 26 heavy (non-hydrogen) atoms. The first-order valence-corrected chi connectivity index (χ1v) is 9.16. The number of nitrogens with two attached hydrogens (primary N) is 1. The first-order chi connectivity index (χ1) is 12.7. The molecule has 0 radical (unpaired) electrons. The van der Waals surface area contributed by atoms with Crippen LogP contribution >= 0.6 is 0 Å². The van der Waals surface area contributed by atoms with Gasteiger partial charge in [-0.25, -0.2) is 0 Å². The zero-order valence-corrected chi connectivity index (χ0v) is 14.8. The third-order valence-electron chi connectivity index (χ3n) is 5.29. The Bertz CT molecular complexity index is 774. The molecule has 2 aromatic carbocycles. The van der Waals surface area contributed by atoms with Gasteiger partial charge in [0, 0.05) is 11.5 Å². The highest BCUT2D eigenvalue weighted by Crippen LogP contribution is 2.41. The van der Waals surface area contributed by atoms with Crippen LogP contribution in [0.15, 0.2) is 48.5 Å². The molecule has 0 saturated carbocycles. The van der Waals surface area contributed by atoms with Crippen molar-refractivity contribution in [1.29, 1.82) is 0 Å². The summed E-state index contributed by atoms with van der Waals surface area (Å²) in [4.78, 5) is 13.5. The smallest absolute Gasteiger partial charge is 0.255 e. The van der Waals surface area contributed by atoms with Gasteiger partial charge in [-0.05, 0) is 49.7 Å². The van der Waals surface area contributed by atoms with Crippen molar-refractivity contribution >= 4 is 5.91 Å². The van der Waals surface area contributed by atoms with Crippen LogP contribution in [0, 0.1) is 0 Å². The van der Waals surface area contributed by atoms with Crippen LogP contribution in [0.4, 0.5) is 0 Å². The van der Waals surface area contributed by atoms with E-state index >= 15 is 0 Å². The maximum absolute atomic E-state index is 11.0. The number of benzene rings is 2. The molecule has 1 fully saturated rings. The maximum atomic E-state index is 11.0. The van der Waals surface area contributed by atoms with E-state index in [1.807, 2.05) is 24.3 Å². The molecule has 136 valence electrons. The fourth-order valence-electron chi connectivity index (χ4n) is 3.84. The van der Waals surface area contributed by atoms with E-state index in [9.17, 15) is 4.79 Å². The Morgan fingerprint density at radius 3 is 2.69 bits per heavy atom. The average molecular weight is 352 g/mol. The molecular formula is C21H24N2O3. The molecule has 0 spiro atoms. The van der Waals surface area contributed by atoms with E-state index in [4.69, 9.17) is 15.2 Å². The van der Waals surface area contributed by atoms with E-state index in [2.05, 4.69) is 29.2 Å². The van der Waals surface area contributed by atoms with Crippen molar-refractivity contribution in [3.05, 3.63) is 59.7 Å². The zero-order valence-electron chi connectivity index (χ0n) is 14.8. The standard InChI is InChI=1S/C21H24N2O3/c22-21(24)14-25-16-7-8-20-18(12-16)17(11-15-5-2-1-3-6-15)19(13-26-20)23-9-4-10-23/h1-3,5-8,12,17,19H,4,9-11,13-14H2,(H2,22,24)/t17-,19+/m0/s1. The van der Waals surface area contributed by atoms with E-state index in [0.717, 1.165) is 30.8 Å². The minimum absolute atomic E-state index is 0.113. The van der Waals surface area contributed by atoms with Crippen molar-refractivity contribution < 1.29 is 14.3 Å². The van der Waals surface area contributed by atoms with Gasteiger partial charge in [-0.3, -0.25) is 9.69 Å². The average Bonchev–Trinajstić information content (AvgIpc) is 2.61. The SMILES string of the molecule is NC(=O)COc1ccc2c(c1)[C@H](Cc1ccccc1)[C@H](N1CCC1)CO2. The minimum atomic E-state index is -0.474. The first kappa shape index (κ1) is 16.9. The van der Waals surface area contributed by atoms with Crippen molar-refractivity contribution in [2.75, 3.05) is 26.3 Å². The molecule has 0 aromatic heterocycles. The zero-order chi connectivity index (χ0) is 17.9. The molecule has 2 atom stereocenters. The molecule has 5 heteroatoms. The number of likely N-dealkylation sites (tertiary alicyclic amines) is 1. The summed E-state index contributed by atoms with van der Waals surface area (Å²) in [5.74, 6) is 1.43. The van der Waals surface area contributed by atoms with Crippen molar-refractivity contribution in [1.82, 2.24) is 4.90 Å². The number of rotatable bonds is 6. The van der Waals surface area contributed by atoms with Crippen LogP contribution in [0.2, 0.25) is 0 Å². The van der Waals surface area contributed by atoms with Gasteiger partial charge < -0.3 is 15.2 Å². The van der Waals surface area contributed by atoms with Gasteiger partial charge in [-0.2, -0.15) is 0 Å². The van der Waals surface area contributed by atoms with Gasteiger partial charge in [-0.1, -0.05) is 30.3 Å². The first-order valence-electron chi connectivity index (χ1n) is 9.16. The third-order valence-corrected chi connectivity index (χ3v) is 5.29. The Balaban J connectivity index is 1.64. The fraction of sp³-hybridized carbons (Fsp3) is 0.381. The van der Waals surface area contributed by atoms with Crippen LogP contribution in [0.5, 0.6) is 11.5 Å². The molecule has 0 bridgehead atoms. The highest BCUT2D eigenvalue weighted by atomic mass is 16.5. The number of hydrogen-bond acceptors (Lipinski definition) is 4. The number of fused-ring (bicyclic) bond motifs is 1. The van der Waals surface area contributed by atoms with Gasteiger partial charge in [0.05, 0.1) is 6.04 Å². The largest absolute Gasteiger partial charge is 0.492 e. The van der Waals surface area contributed by atoms with Crippen LogP contribution in [-0.2, 0) is 11.2 Å². The van der Waals surface area contributed by atoms with E-state index in [-0.39, 0.29) is 6.61 Å². The summed E-state index contributed by atoms with van der Waals surface area (Å²) in [6.45, 7) is 2.86. The molecule has 2 aliphatic rings. The number of amides is 1. The number of ether oxygens (including phenoxy) is 2. The number of nitrogens with zero attached hydrogens (tertiary/aromatic N) is 1. The summed E-state index contributed by atoms with van der Waals surface area (Å²) in [7, 11) is 0. The monoisotopic (exact) mass is 352 g/mol. The van der Waals surface area contributed by atoms with E-state index < -0.39 is 5.91 Å². The molecule has 2 aromatic rings. The van der Waals surface area contributed by atoms with Gasteiger partial charge in [0.15, 0.2) is 6.61 Å². The van der Waals surface area contributed by atoms with Crippen molar-refractivity contribution in [2.45, 2.75) is 24.8 Å². The van der Waals surface area contributed by atoms with Gasteiger partial charge in [0.25, 0.3) is 5.91 Å². The van der Waals surface area contributed by atoms with Gasteiger partial charge in [-0.15, -0.1) is 0 Å². The molecule has 5 nitrogen and oxygen atoms in total. The maximum Gasteiger partial charge on any atom is 0.255 e.